The number of aryl methyl sites for hydroxylation is 1. The second-order valence-electron chi connectivity index (χ2n) is 6.70. The standard InChI is InChI=1S/C19H21N5O4S/c1-11(13-3-4-15-14(9-13)21-16(25)10-28-15)22-23-18(26)17-12(2)20-19(29-17)24-5-7-27-8-6-24/h3-4,9H,5-8,10H2,1-2H3,(H,21,25)(H,23,26)/b22-11-. The number of carbonyl (C=O) groups excluding carboxylic acids is 2. The average Bonchev–Trinajstić information content (AvgIpc) is 3.13. The van der Waals surface area contributed by atoms with Crippen LogP contribution in [0.4, 0.5) is 10.8 Å². The molecule has 9 nitrogen and oxygen atoms in total. The van der Waals surface area contributed by atoms with E-state index in [2.05, 4.69) is 25.7 Å². The minimum Gasteiger partial charge on any atom is -0.482 e. The van der Waals surface area contributed by atoms with Crippen molar-refractivity contribution in [3.8, 4) is 5.75 Å². The lowest BCUT2D eigenvalue weighted by Crippen LogP contribution is -2.36. The molecule has 0 aliphatic carbocycles. The molecular weight excluding hydrogens is 394 g/mol. The summed E-state index contributed by atoms with van der Waals surface area (Å²) in [5.74, 6) is 0.115. The molecule has 2 aliphatic rings. The van der Waals surface area contributed by atoms with Crippen LogP contribution in [0.15, 0.2) is 23.3 Å². The van der Waals surface area contributed by atoms with E-state index >= 15 is 0 Å². The molecule has 0 bridgehead atoms. The predicted molar refractivity (Wildman–Crippen MR) is 110 cm³/mol. The van der Waals surface area contributed by atoms with Crippen LogP contribution in [0.25, 0.3) is 0 Å². The minimum absolute atomic E-state index is 0.0100. The van der Waals surface area contributed by atoms with Gasteiger partial charge in [0, 0.05) is 13.1 Å². The highest BCUT2D eigenvalue weighted by molar-refractivity contribution is 7.17. The van der Waals surface area contributed by atoms with Crippen LogP contribution in [0.1, 0.15) is 27.9 Å². The summed E-state index contributed by atoms with van der Waals surface area (Å²) in [5.41, 5.74) is 5.24. The highest BCUT2D eigenvalue weighted by Gasteiger charge is 2.21. The summed E-state index contributed by atoms with van der Waals surface area (Å²) in [7, 11) is 0. The molecule has 1 fully saturated rings. The van der Waals surface area contributed by atoms with Crippen LogP contribution < -0.4 is 20.4 Å². The Morgan fingerprint density at radius 2 is 2.14 bits per heavy atom. The number of hydrogen-bond acceptors (Lipinski definition) is 8. The lowest BCUT2D eigenvalue weighted by atomic mass is 10.1. The van der Waals surface area contributed by atoms with Gasteiger partial charge in [-0.1, -0.05) is 11.3 Å². The van der Waals surface area contributed by atoms with Crippen molar-refractivity contribution < 1.29 is 19.1 Å². The summed E-state index contributed by atoms with van der Waals surface area (Å²) in [6.45, 7) is 6.47. The van der Waals surface area contributed by atoms with Gasteiger partial charge in [-0.05, 0) is 37.6 Å². The molecule has 0 atom stereocenters. The number of carbonyl (C=O) groups is 2. The van der Waals surface area contributed by atoms with Gasteiger partial charge in [0.2, 0.25) is 0 Å². The van der Waals surface area contributed by atoms with Crippen LogP contribution in [-0.2, 0) is 9.53 Å². The van der Waals surface area contributed by atoms with E-state index in [-0.39, 0.29) is 18.4 Å². The molecule has 1 aromatic carbocycles. The molecule has 2 N–H and O–H groups in total. The van der Waals surface area contributed by atoms with Gasteiger partial charge in [0.25, 0.3) is 11.8 Å². The van der Waals surface area contributed by atoms with E-state index in [0.29, 0.717) is 40.9 Å². The minimum atomic E-state index is -0.298. The number of aromatic nitrogens is 1. The predicted octanol–water partition coefficient (Wildman–Crippen LogP) is 1.77. The van der Waals surface area contributed by atoms with E-state index < -0.39 is 0 Å². The molecule has 0 saturated carbocycles. The first-order valence-electron chi connectivity index (χ1n) is 9.23. The van der Waals surface area contributed by atoms with Crippen molar-refractivity contribution in [2.45, 2.75) is 13.8 Å². The molecule has 29 heavy (non-hydrogen) atoms. The second-order valence-corrected chi connectivity index (χ2v) is 7.67. The SMILES string of the molecule is C/C(=N/NC(=O)c1sc(N2CCOCC2)nc1C)c1ccc2c(c1)NC(=O)CO2. The zero-order chi connectivity index (χ0) is 20.4. The fraction of sp³-hybridized carbons (Fsp3) is 0.368. The third-order valence-corrected chi connectivity index (χ3v) is 5.85. The molecule has 152 valence electrons. The summed E-state index contributed by atoms with van der Waals surface area (Å²) in [6.07, 6.45) is 0. The third kappa shape index (κ3) is 4.22. The second kappa shape index (κ2) is 8.18. The number of thiazole rings is 1. The smallest absolute Gasteiger partial charge is 0.283 e. The summed E-state index contributed by atoms with van der Waals surface area (Å²) < 4.78 is 10.7. The van der Waals surface area contributed by atoms with Gasteiger partial charge in [-0.3, -0.25) is 9.59 Å². The Bertz CT molecular complexity index is 981. The third-order valence-electron chi connectivity index (χ3n) is 4.63. The number of amides is 2. The van der Waals surface area contributed by atoms with Gasteiger partial charge in [-0.2, -0.15) is 5.10 Å². The zero-order valence-electron chi connectivity index (χ0n) is 16.2. The van der Waals surface area contributed by atoms with Crippen LogP contribution in [-0.4, -0.2) is 55.4 Å². The summed E-state index contributed by atoms with van der Waals surface area (Å²) >= 11 is 1.35. The molecule has 2 amide bonds. The van der Waals surface area contributed by atoms with Crippen molar-refractivity contribution in [2.24, 2.45) is 5.10 Å². The summed E-state index contributed by atoms with van der Waals surface area (Å²) in [4.78, 5) is 31.3. The lowest BCUT2D eigenvalue weighted by molar-refractivity contribution is -0.118. The van der Waals surface area contributed by atoms with E-state index in [1.165, 1.54) is 11.3 Å². The van der Waals surface area contributed by atoms with E-state index in [1.54, 1.807) is 19.1 Å². The first-order valence-corrected chi connectivity index (χ1v) is 10.0. The van der Waals surface area contributed by atoms with Gasteiger partial charge in [-0.15, -0.1) is 0 Å². The molecule has 3 heterocycles. The number of hydrazone groups is 1. The number of nitrogens with zero attached hydrogens (tertiary/aromatic N) is 3. The largest absolute Gasteiger partial charge is 0.482 e. The van der Waals surface area contributed by atoms with Gasteiger partial charge in [0.15, 0.2) is 11.7 Å². The Hall–Kier alpha value is -2.98. The molecule has 2 aromatic rings. The van der Waals surface area contributed by atoms with Gasteiger partial charge in [0.05, 0.1) is 30.3 Å². The van der Waals surface area contributed by atoms with Crippen molar-refractivity contribution in [1.29, 1.82) is 0 Å². The molecule has 0 unspecified atom stereocenters. The summed E-state index contributed by atoms with van der Waals surface area (Å²) in [5, 5.41) is 7.79. The van der Waals surface area contributed by atoms with Gasteiger partial charge in [-0.25, -0.2) is 10.4 Å². The van der Waals surface area contributed by atoms with Crippen LogP contribution in [0.2, 0.25) is 0 Å². The van der Waals surface area contributed by atoms with Crippen molar-refractivity contribution in [2.75, 3.05) is 43.1 Å². The maximum atomic E-state index is 12.6. The topological polar surface area (TPSA) is 105 Å². The number of rotatable bonds is 4. The quantitative estimate of drug-likeness (QED) is 0.583. The number of hydrogen-bond donors (Lipinski definition) is 2. The fourth-order valence-corrected chi connectivity index (χ4v) is 4.05. The normalized spacial score (nSPS) is 16.7. The number of benzene rings is 1. The maximum Gasteiger partial charge on any atom is 0.283 e. The van der Waals surface area contributed by atoms with E-state index in [1.807, 2.05) is 13.0 Å². The van der Waals surface area contributed by atoms with Crippen molar-refractivity contribution in [1.82, 2.24) is 10.4 Å². The van der Waals surface area contributed by atoms with E-state index in [9.17, 15) is 9.59 Å². The monoisotopic (exact) mass is 415 g/mol. The first kappa shape index (κ1) is 19.3. The van der Waals surface area contributed by atoms with Gasteiger partial charge in [0.1, 0.15) is 10.6 Å². The van der Waals surface area contributed by atoms with Gasteiger partial charge >= 0.3 is 0 Å². The molecule has 2 aliphatic heterocycles. The van der Waals surface area contributed by atoms with Crippen LogP contribution in [0.3, 0.4) is 0 Å². The molecule has 4 rings (SSSR count). The molecule has 0 spiro atoms. The van der Waals surface area contributed by atoms with E-state index in [4.69, 9.17) is 9.47 Å². The van der Waals surface area contributed by atoms with Crippen LogP contribution in [0.5, 0.6) is 5.75 Å². The molecule has 0 radical (unpaired) electrons. The van der Waals surface area contributed by atoms with Crippen molar-refractivity contribution in [3.63, 3.8) is 0 Å². The molecular formula is C19H21N5O4S. The maximum absolute atomic E-state index is 12.6. The average molecular weight is 415 g/mol. The van der Waals surface area contributed by atoms with Crippen molar-refractivity contribution >= 4 is 39.7 Å². The first-order chi connectivity index (χ1) is 14.0. The van der Waals surface area contributed by atoms with Crippen LogP contribution >= 0.6 is 11.3 Å². The number of ether oxygens (including phenoxy) is 2. The number of nitrogens with one attached hydrogen (secondary N) is 2. The zero-order valence-corrected chi connectivity index (χ0v) is 17.0. The Kier molecular flexibility index (Phi) is 5.45. The van der Waals surface area contributed by atoms with Crippen molar-refractivity contribution in [3.05, 3.63) is 34.3 Å². The highest BCUT2D eigenvalue weighted by atomic mass is 32.1. The van der Waals surface area contributed by atoms with E-state index in [0.717, 1.165) is 23.8 Å². The highest BCUT2D eigenvalue weighted by Crippen LogP contribution is 2.29. The number of fused-ring (bicyclic) bond motifs is 1. The van der Waals surface area contributed by atoms with Crippen LogP contribution in [0, 0.1) is 6.92 Å². The Morgan fingerprint density at radius 3 is 2.93 bits per heavy atom. The Balaban J connectivity index is 1.46. The fourth-order valence-electron chi connectivity index (χ4n) is 3.04. The lowest BCUT2D eigenvalue weighted by Gasteiger charge is -2.25. The van der Waals surface area contributed by atoms with Gasteiger partial charge < -0.3 is 19.7 Å². The molecule has 10 heteroatoms. The molecule has 1 saturated heterocycles. The molecule has 1 aromatic heterocycles. The number of morpholine rings is 1. The summed E-state index contributed by atoms with van der Waals surface area (Å²) in [6, 6.07) is 5.37. The number of anilines is 2. The Morgan fingerprint density at radius 1 is 1.34 bits per heavy atom. The Labute approximate surface area is 171 Å².